The predicted molar refractivity (Wildman–Crippen MR) is 56.1 cm³/mol. The number of hydrogen-bond acceptors (Lipinski definition) is 2. The first-order valence-corrected chi connectivity index (χ1v) is 5.05. The molecule has 0 saturated heterocycles. The third-order valence-corrected chi connectivity index (χ3v) is 2.50. The van der Waals surface area contributed by atoms with E-state index < -0.39 is 23.6 Å². The number of benzene rings is 1. The minimum atomic E-state index is -4.59. The molecule has 0 aliphatic carbocycles. The van der Waals surface area contributed by atoms with Gasteiger partial charge in [0.25, 0.3) is 0 Å². The van der Waals surface area contributed by atoms with Crippen LogP contribution < -0.4 is 5.73 Å². The number of furan rings is 1. The SMILES string of the molecule is NC(c1ccco1)c1cc(F)ccc1C(F)(F)F. The van der Waals surface area contributed by atoms with Crippen molar-refractivity contribution in [2.75, 3.05) is 0 Å². The average Bonchev–Trinajstić information content (AvgIpc) is 2.79. The van der Waals surface area contributed by atoms with Gasteiger partial charge >= 0.3 is 6.18 Å². The molecule has 2 aromatic rings. The van der Waals surface area contributed by atoms with Gasteiger partial charge in [-0.05, 0) is 35.9 Å². The number of alkyl halides is 3. The molecule has 18 heavy (non-hydrogen) atoms. The lowest BCUT2D eigenvalue weighted by molar-refractivity contribution is -0.138. The van der Waals surface area contributed by atoms with Crippen LogP contribution in [0.3, 0.4) is 0 Å². The Morgan fingerprint density at radius 1 is 1.17 bits per heavy atom. The van der Waals surface area contributed by atoms with Crippen molar-refractivity contribution < 1.29 is 22.0 Å². The molecular formula is C12H9F4NO. The molecule has 0 aliphatic heterocycles. The zero-order chi connectivity index (χ0) is 13.3. The van der Waals surface area contributed by atoms with E-state index in [0.717, 1.165) is 12.1 Å². The molecule has 1 heterocycles. The highest BCUT2D eigenvalue weighted by atomic mass is 19.4. The summed E-state index contributed by atoms with van der Waals surface area (Å²) >= 11 is 0. The molecule has 1 unspecified atom stereocenters. The van der Waals surface area contributed by atoms with E-state index >= 15 is 0 Å². The summed E-state index contributed by atoms with van der Waals surface area (Å²) < 4.78 is 56.3. The van der Waals surface area contributed by atoms with Crippen LogP contribution in [0.2, 0.25) is 0 Å². The molecule has 0 radical (unpaired) electrons. The number of rotatable bonds is 2. The second kappa shape index (κ2) is 4.45. The topological polar surface area (TPSA) is 39.2 Å². The van der Waals surface area contributed by atoms with E-state index in [1.54, 1.807) is 0 Å². The van der Waals surface area contributed by atoms with Crippen LogP contribution in [0.15, 0.2) is 41.0 Å². The van der Waals surface area contributed by atoms with Crippen LogP contribution >= 0.6 is 0 Å². The van der Waals surface area contributed by atoms with E-state index in [4.69, 9.17) is 10.2 Å². The Bertz CT molecular complexity index is 534. The summed E-state index contributed by atoms with van der Waals surface area (Å²) in [6.07, 6.45) is -3.30. The second-order valence-corrected chi connectivity index (χ2v) is 3.72. The Kier molecular flexibility index (Phi) is 3.13. The molecule has 0 amide bonds. The van der Waals surface area contributed by atoms with E-state index in [-0.39, 0.29) is 11.3 Å². The third-order valence-electron chi connectivity index (χ3n) is 2.50. The molecule has 2 rings (SSSR count). The Morgan fingerprint density at radius 3 is 2.44 bits per heavy atom. The number of halogens is 4. The van der Waals surface area contributed by atoms with Gasteiger partial charge in [-0.15, -0.1) is 0 Å². The highest BCUT2D eigenvalue weighted by Gasteiger charge is 2.35. The fraction of sp³-hybridized carbons (Fsp3) is 0.167. The van der Waals surface area contributed by atoms with Crippen molar-refractivity contribution in [2.24, 2.45) is 5.73 Å². The molecule has 0 saturated carbocycles. The van der Waals surface area contributed by atoms with E-state index in [0.29, 0.717) is 6.07 Å². The molecule has 96 valence electrons. The van der Waals surface area contributed by atoms with Gasteiger partial charge in [-0.2, -0.15) is 13.2 Å². The van der Waals surface area contributed by atoms with Gasteiger partial charge in [0.2, 0.25) is 0 Å². The summed E-state index contributed by atoms with van der Waals surface area (Å²) in [7, 11) is 0. The lowest BCUT2D eigenvalue weighted by atomic mass is 9.98. The van der Waals surface area contributed by atoms with Gasteiger partial charge in [0.1, 0.15) is 11.6 Å². The monoisotopic (exact) mass is 259 g/mol. The molecule has 1 aromatic heterocycles. The largest absolute Gasteiger partial charge is 0.467 e. The molecule has 0 aliphatic rings. The summed E-state index contributed by atoms with van der Waals surface area (Å²) in [5.74, 6) is -0.633. The lowest BCUT2D eigenvalue weighted by Gasteiger charge is -2.16. The molecule has 0 bridgehead atoms. The van der Waals surface area contributed by atoms with Gasteiger partial charge in [-0.25, -0.2) is 4.39 Å². The van der Waals surface area contributed by atoms with Crippen molar-refractivity contribution in [1.82, 2.24) is 0 Å². The summed E-state index contributed by atoms with van der Waals surface area (Å²) in [6.45, 7) is 0. The van der Waals surface area contributed by atoms with E-state index in [1.165, 1.54) is 18.4 Å². The highest BCUT2D eigenvalue weighted by Crippen LogP contribution is 2.36. The summed E-state index contributed by atoms with van der Waals surface area (Å²) in [5, 5.41) is 0. The Hall–Kier alpha value is -1.82. The smallest absolute Gasteiger partial charge is 0.416 e. The van der Waals surface area contributed by atoms with E-state index in [9.17, 15) is 17.6 Å². The first kappa shape index (κ1) is 12.6. The van der Waals surface area contributed by atoms with Crippen LogP contribution in [0.5, 0.6) is 0 Å². The predicted octanol–water partition coefficient (Wildman–Crippen LogP) is 3.49. The maximum Gasteiger partial charge on any atom is 0.416 e. The van der Waals surface area contributed by atoms with Crippen molar-refractivity contribution in [2.45, 2.75) is 12.2 Å². The van der Waals surface area contributed by atoms with Crippen molar-refractivity contribution in [3.05, 3.63) is 59.3 Å². The minimum Gasteiger partial charge on any atom is -0.467 e. The summed E-state index contributed by atoms with van der Waals surface area (Å²) in [6, 6.07) is 3.98. The number of hydrogen-bond donors (Lipinski definition) is 1. The summed E-state index contributed by atoms with van der Waals surface area (Å²) in [5.41, 5.74) is 4.35. The first-order valence-electron chi connectivity index (χ1n) is 5.05. The van der Waals surface area contributed by atoms with Crippen molar-refractivity contribution >= 4 is 0 Å². The highest BCUT2D eigenvalue weighted by molar-refractivity contribution is 5.36. The van der Waals surface area contributed by atoms with Gasteiger partial charge in [-0.3, -0.25) is 0 Å². The maximum absolute atomic E-state index is 13.1. The normalized spacial score (nSPS) is 13.6. The molecule has 1 aromatic carbocycles. The van der Waals surface area contributed by atoms with Gasteiger partial charge in [-0.1, -0.05) is 0 Å². The van der Waals surface area contributed by atoms with E-state index in [2.05, 4.69) is 0 Å². The molecule has 2 nitrogen and oxygen atoms in total. The van der Waals surface area contributed by atoms with Gasteiger partial charge in [0.15, 0.2) is 0 Å². The third kappa shape index (κ3) is 2.38. The molecule has 1 atom stereocenters. The van der Waals surface area contributed by atoms with Crippen LogP contribution in [-0.2, 0) is 6.18 Å². The molecule has 0 spiro atoms. The molecular weight excluding hydrogens is 250 g/mol. The molecule has 2 N–H and O–H groups in total. The van der Waals surface area contributed by atoms with Crippen LogP contribution in [-0.4, -0.2) is 0 Å². The minimum absolute atomic E-state index is 0.145. The zero-order valence-electron chi connectivity index (χ0n) is 9.04. The number of nitrogens with two attached hydrogens (primary N) is 1. The standard InChI is InChI=1S/C12H9F4NO/c13-7-3-4-9(12(14,15)16)8(6-7)11(17)10-2-1-5-18-10/h1-6,11H,17H2. The Labute approximate surface area is 100 Å². The van der Waals surface area contributed by atoms with Crippen LogP contribution in [0, 0.1) is 5.82 Å². The Balaban J connectivity index is 2.52. The average molecular weight is 259 g/mol. The van der Waals surface area contributed by atoms with Crippen molar-refractivity contribution in [3.8, 4) is 0 Å². The molecule has 6 heteroatoms. The first-order chi connectivity index (χ1) is 8.39. The second-order valence-electron chi connectivity index (χ2n) is 3.72. The van der Waals surface area contributed by atoms with Crippen LogP contribution in [0.4, 0.5) is 17.6 Å². The van der Waals surface area contributed by atoms with Crippen molar-refractivity contribution in [1.29, 1.82) is 0 Å². The zero-order valence-corrected chi connectivity index (χ0v) is 9.04. The fourth-order valence-electron chi connectivity index (χ4n) is 1.67. The van der Waals surface area contributed by atoms with Gasteiger partial charge < -0.3 is 10.2 Å². The van der Waals surface area contributed by atoms with Gasteiger partial charge in [0.05, 0.1) is 17.9 Å². The maximum atomic E-state index is 13.1. The van der Waals surface area contributed by atoms with Crippen molar-refractivity contribution in [3.63, 3.8) is 0 Å². The molecule has 0 fully saturated rings. The Morgan fingerprint density at radius 2 is 1.89 bits per heavy atom. The summed E-state index contributed by atoms with van der Waals surface area (Å²) in [4.78, 5) is 0. The van der Waals surface area contributed by atoms with E-state index in [1.807, 2.05) is 0 Å². The van der Waals surface area contributed by atoms with Gasteiger partial charge in [0, 0.05) is 0 Å². The fourth-order valence-corrected chi connectivity index (χ4v) is 1.67. The van der Waals surface area contributed by atoms with Crippen LogP contribution in [0.1, 0.15) is 22.9 Å². The van der Waals surface area contributed by atoms with Crippen LogP contribution in [0.25, 0.3) is 0 Å². The lowest BCUT2D eigenvalue weighted by Crippen LogP contribution is -2.18. The quantitative estimate of drug-likeness (QED) is 0.838.